The molecule has 47 heavy (non-hydrogen) atoms. The molecule has 0 radical (unpaired) electrons. The Morgan fingerprint density at radius 2 is 1.51 bits per heavy atom. The van der Waals surface area contributed by atoms with Crippen LogP contribution in [0, 0.1) is 0 Å². The second-order valence-electron chi connectivity index (χ2n) is 10.9. The van der Waals surface area contributed by atoms with Gasteiger partial charge in [-0.05, 0) is 85.1 Å². The monoisotopic (exact) mass is 695 g/mol. The molecule has 0 aliphatic heterocycles. The molecule has 0 bridgehead atoms. The van der Waals surface area contributed by atoms with Crippen LogP contribution in [0.4, 0.5) is 5.69 Å². The Morgan fingerprint density at radius 3 is 2.15 bits per heavy atom. The van der Waals surface area contributed by atoms with Crippen molar-refractivity contribution in [2.24, 2.45) is 0 Å². The molecular formula is C36H39Cl2N3O5S. The number of benzene rings is 4. The fourth-order valence-corrected chi connectivity index (χ4v) is 6.78. The number of sulfonamides is 1. The van der Waals surface area contributed by atoms with E-state index in [1.165, 1.54) is 29.2 Å². The summed E-state index contributed by atoms with van der Waals surface area (Å²) in [5, 5.41) is 3.83. The number of hydrogen-bond donors (Lipinski definition) is 1. The van der Waals surface area contributed by atoms with E-state index in [0.29, 0.717) is 34.5 Å². The Hall–Kier alpha value is -4.05. The van der Waals surface area contributed by atoms with E-state index in [9.17, 15) is 18.0 Å². The first-order chi connectivity index (χ1) is 22.6. The van der Waals surface area contributed by atoms with E-state index >= 15 is 0 Å². The lowest BCUT2D eigenvalue weighted by molar-refractivity contribution is -0.140. The number of hydrogen-bond acceptors (Lipinski definition) is 5. The van der Waals surface area contributed by atoms with Gasteiger partial charge in [-0.3, -0.25) is 13.9 Å². The van der Waals surface area contributed by atoms with Gasteiger partial charge in [0.25, 0.3) is 10.0 Å². The van der Waals surface area contributed by atoms with E-state index in [4.69, 9.17) is 27.9 Å². The van der Waals surface area contributed by atoms with E-state index in [1.807, 2.05) is 50.2 Å². The molecule has 0 saturated carbocycles. The van der Waals surface area contributed by atoms with Crippen molar-refractivity contribution < 1.29 is 22.7 Å². The van der Waals surface area contributed by atoms with Crippen LogP contribution in [0.15, 0.2) is 108 Å². The van der Waals surface area contributed by atoms with Crippen molar-refractivity contribution in [3.63, 3.8) is 0 Å². The minimum Gasteiger partial charge on any atom is -0.494 e. The van der Waals surface area contributed by atoms with E-state index in [-0.39, 0.29) is 29.5 Å². The fraction of sp³-hybridized carbons (Fsp3) is 0.278. The zero-order chi connectivity index (χ0) is 33.8. The van der Waals surface area contributed by atoms with Crippen LogP contribution in [-0.2, 0) is 32.6 Å². The number of anilines is 1. The molecule has 0 saturated heterocycles. The quantitative estimate of drug-likeness (QED) is 0.126. The Kier molecular flexibility index (Phi) is 13.1. The van der Waals surface area contributed by atoms with Crippen molar-refractivity contribution in [3.8, 4) is 5.75 Å². The van der Waals surface area contributed by atoms with E-state index < -0.39 is 28.5 Å². The average molecular weight is 697 g/mol. The van der Waals surface area contributed by atoms with Crippen LogP contribution in [0.1, 0.15) is 37.8 Å². The summed E-state index contributed by atoms with van der Waals surface area (Å²) < 4.78 is 34.9. The molecule has 0 spiro atoms. The van der Waals surface area contributed by atoms with Crippen LogP contribution in [0.3, 0.4) is 0 Å². The molecule has 11 heteroatoms. The Balaban J connectivity index is 1.79. The smallest absolute Gasteiger partial charge is 0.264 e. The molecule has 0 fully saturated rings. The highest BCUT2D eigenvalue weighted by molar-refractivity contribution is 7.92. The molecule has 4 aromatic carbocycles. The molecule has 8 nitrogen and oxygen atoms in total. The summed E-state index contributed by atoms with van der Waals surface area (Å²) >= 11 is 12.4. The summed E-state index contributed by atoms with van der Waals surface area (Å²) in [7, 11) is -4.26. The lowest BCUT2D eigenvalue weighted by Crippen LogP contribution is -2.53. The van der Waals surface area contributed by atoms with E-state index in [2.05, 4.69) is 5.32 Å². The standard InChI is InChI=1S/C36H39Cl2N3O5S/c1-3-5-22-39-36(43)34(24-27-10-7-6-8-11-27)40(25-28-12-9-13-30(38)23-28)35(42)26-41(31-16-18-32(19-17-31)46-4-2)47(44,45)33-20-14-29(37)15-21-33/h6-21,23,34H,3-5,22,24-26H2,1-2H3,(H,39,43). The number of unbranched alkanes of at least 4 members (excludes halogenated alkanes) is 1. The zero-order valence-electron chi connectivity index (χ0n) is 26.4. The fourth-order valence-electron chi connectivity index (χ4n) is 5.03. The molecule has 1 N–H and O–H groups in total. The van der Waals surface area contributed by atoms with Gasteiger partial charge in [-0.2, -0.15) is 0 Å². The summed E-state index contributed by atoms with van der Waals surface area (Å²) in [5.74, 6) is -0.338. The van der Waals surface area contributed by atoms with Crippen LogP contribution in [-0.4, -0.2) is 50.9 Å². The van der Waals surface area contributed by atoms with Crippen molar-refractivity contribution in [2.45, 2.75) is 50.6 Å². The summed E-state index contributed by atoms with van der Waals surface area (Å²) in [4.78, 5) is 29.8. The number of halogens is 2. The van der Waals surface area contributed by atoms with Gasteiger partial charge in [-0.25, -0.2) is 8.42 Å². The van der Waals surface area contributed by atoms with E-state index in [1.54, 1.807) is 42.5 Å². The van der Waals surface area contributed by atoms with Gasteiger partial charge in [-0.1, -0.05) is 79.0 Å². The molecule has 0 aliphatic rings. The zero-order valence-corrected chi connectivity index (χ0v) is 28.8. The summed E-state index contributed by atoms with van der Waals surface area (Å²) in [5.41, 5.74) is 1.80. The van der Waals surface area contributed by atoms with Crippen LogP contribution < -0.4 is 14.4 Å². The van der Waals surface area contributed by atoms with Gasteiger partial charge in [0.1, 0.15) is 18.3 Å². The van der Waals surface area contributed by atoms with Crippen molar-refractivity contribution in [2.75, 3.05) is 24.0 Å². The van der Waals surface area contributed by atoms with Crippen LogP contribution in [0.2, 0.25) is 10.0 Å². The molecule has 0 aromatic heterocycles. The van der Waals surface area contributed by atoms with Crippen LogP contribution in [0.25, 0.3) is 0 Å². The van der Waals surface area contributed by atoms with Gasteiger partial charge in [-0.15, -0.1) is 0 Å². The minimum absolute atomic E-state index is 0.0240. The molecule has 2 amide bonds. The van der Waals surface area contributed by atoms with Gasteiger partial charge in [0.05, 0.1) is 17.2 Å². The molecule has 4 aromatic rings. The molecule has 1 atom stereocenters. The number of carbonyl (C=O) groups excluding carboxylic acids is 2. The predicted molar refractivity (Wildman–Crippen MR) is 187 cm³/mol. The maximum absolute atomic E-state index is 14.5. The number of nitrogens with one attached hydrogen (secondary N) is 1. The van der Waals surface area contributed by atoms with Crippen molar-refractivity contribution >= 4 is 50.7 Å². The van der Waals surface area contributed by atoms with E-state index in [0.717, 1.165) is 22.7 Å². The molecule has 0 heterocycles. The Bertz CT molecular complexity index is 1720. The highest BCUT2D eigenvalue weighted by Crippen LogP contribution is 2.28. The number of carbonyl (C=O) groups is 2. The second-order valence-corrected chi connectivity index (χ2v) is 13.6. The number of nitrogens with zero attached hydrogens (tertiary/aromatic N) is 2. The number of rotatable bonds is 16. The van der Waals surface area contributed by atoms with Gasteiger partial charge < -0.3 is 15.0 Å². The highest BCUT2D eigenvalue weighted by atomic mass is 35.5. The summed E-state index contributed by atoms with van der Waals surface area (Å²) in [6, 6.07) is 27.7. The SMILES string of the molecule is CCCCNC(=O)C(Cc1ccccc1)N(Cc1cccc(Cl)c1)C(=O)CN(c1ccc(OCC)cc1)S(=O)(=O)c1ccc(Cl)cc1. The average Bonchev–Trinajstić information content (AvgIpc) is 3.06. The number of amides is 2. The van der Waals surface area contributed by atoms with Gasteiger partial charge >= 0.3 is 0 Å². The molecular weight excluding hydrogens is 657 g/mol. The molecule has 1 unspecified atom stereocenters. The molecule has 0 aliphatic carbocycles. The van der Waals surface area contributed by atoms with Gasteiger partial charge in [0.15, 0.2) is 0 Å². The normalized spacial score (nSPS) is 11.8. The molecule has 4 rings (SSSR count). The van der Waals surface area contributed by atoms with Gasteiger partial charge in [0.2, 0.25) is 11.8 Å². The third kappa shape index (κ3) is 9.97. The van der Waals surface area contributed by atoms with Gasteiger partial charge in [0, 0.05) is 29.6 Å². The first-order valence-corrected chi connectivity index (χ1v) is 17.7. The summed E-state index contributed by atoms with van der Waals surface area (Å²) in [6.07, 6.45) is 1.88. The maximum Gasteiger partial charge on any atom is 0.264 e. The van der Waals surface area contributed by atoms with Crippen molar-refractivity contribution in [3.05, 3.63) is 124 Å². The lowest BCUT2D eigenvalue weighted by atomic mass is 10.0. The minimum atomic E-state index is -4.26. The maximum atomic E-state index is 14.5. The Labute approximate surface area is 287 Å². The lowest BCUT2D eigenvalue weighted by Gasteiger charge is -2.34. The first-order valence-electron chi connectivity index (χ1n) is 15.5. The predicted octanol–water partition coefficient (Wildman–Crippen LogP) is 7.14. The highest BCUT2D eigenvalue weighted by Gasteiger charge is 2.34. The van der Waals surface area contributed by atoms with Crippen LogP contribution in [0.5, 0.6) is 5.75 Å². The topological polar surface area (TPSA) is 96.0 Å². The van der Waals surface area contributed by atoms with Crippen molar-refractivity contribution in [1.82, 2.24) is 10.2 Å². The second kappa shape index (κ2) is 17.2. The third-order valence-corrected chi connectivity index (χ3v) is 9.73. The third-order valence-electron chi connectivity index (χ3n) is 7.46. The van der Waals surface area contributed by atoms with Crippen molar-refractivity contribution in [1.29, 1.82) is 0 Å². The first kappa shape index (κ1) is 35.8. The molecule has 248 valence electrons. The largest absolute Gasteiger partial charge is 0.494 e. The Morgan fingerprint density at radius 1 is 0.830 bits per heavy atom. The summed E-state index contributed by atoms with van der Waals surface area (Å²) in [6.45, 7) is 4.21. The van der Waals surface area contributed by atoms with Crippen LogP contribution >= 0.6 is 23.2 Å². The number of ether oxygens (including phenoxy) is 1.